The number of para-hydroxylation sites is 1. The molecule has 2 N–H and O–H groups in total. The molecule has 0 saturated heterocycles. The topological polar surface area (TPSA) is 125 Å². The predicted octanol–water partition coefficient (Wildman–Crippen LogP) is 7.19. The first-order valence-electron chi connectivity index (χ1n) is 16.1. The molecule has 2 aromatic heterocycles. The van der Waals surface area contributed by atoms with E-state index in [1.807, 2.05) is 74.0 Å². The van der Waals surface area contributed by atoms with Crippen molar-refractivity contribution in [1.29, 1.82) is 0 Å². The van der Waals surface area contributed by atoms with Gasteiger partial charge < -0.3 is 15.5 Å². The molecule has 0 radical (unpaired) electrons. The fourth-order valence-electron chi connectivity index (χ4n) is 6.35. The van der Waals surface area contributed by atoms with Gasteiger partial charge in [-0.05, 0) is 61.1 Å². The molecule has 49 heavy (non-hydrogen) atoms. The number of aryl methyl sites for hydroxylation is 1. The molecule has 0 spiro atoms. The number of anilines is 4. The van der Waals surface area contributed by atoms with Gasteiger partial charge in [0.05, 0.1) is 23.0 Å². The summed E-state index contributed by atoms with van der Waals surface area (Å²) >= 11 is 6.64. The number of aromatic nitrogens is 4. The van der Waals surface area contributed by atoms with Crippen LogP contribution in [0.2, 0.25) is 5.02 Å². The third-order valence-corrected chi connectivity index (χ3v) is 10.2. The van der Waals surface area contributed by atoms with Crippen LogP contribution in [-0.2, 0) is 23.4 Å². The number of amides is 2. The number of nitrogens with one attached hydrogen (secondary N) is 2. The quantitative estimate of drug-likeness (QED) is 0.147. The molecular formula is C36H39ClN8O3S. The van der Waals surface area contributed by atoms with Crippen LogP contribution in [0.25, 0.3) is 11.1 Å². The highest BCUT2D eigenvalue weighted by atomic mass is 35.5. The number of nitrogens with zero attached hydrogens (tertiary/aromatic N) is 6. The van der Waals surface area contributed by atoms with E-state index in [-0.39, 0.29) is 21.9 Å². The highest BCUT2D eigenvalue weighted by Crippen LogP contribution is 2.39. The van der Waals surface area contributed by atoms with Crippen LogP contribution in [-0.4, -0.2) is 53.2 Å². The minimum atomic E-state index is -3.54. The predicted molar refractivity (Wildman–Crippen MR) is 194 cm³/mol. The number of benzene rings is 3. The Morgan fingerprint density at radius 1 is 0.939 bits per heavy atom. The fourth-order valence-corrected chi connectivity index (χ4v) is 7.48. The molecule has 0 unspecified atom stereocenters. The summed E-state index contributed by atoms with van der Waals surface area (Å²) in [5, 5.41) is 11.3. The molecule has 2 heterocycles. The maximum atomic E-state index is 14.4. The first kappa shape index (κ1) is 33.9. The van der Waals surface area contributed by atoms with Crippen LogP contribution < -0.4 is 20.4 Å². The van der Waals surface area contributed by atoms with Gasteiger partial charge >= 0.3 is 6.03 Å². The summed E-state index contributed by atoms with van der Waals surface area (Å²) in [4.78, 5) is 27.3. The Labute approximate surface area is 291 Å². The number of urea groups is 1. The fraction of sp³-hybridized carbons (Fsp3) is 0.278. The lowest BCUT2D eigenvalue weighted by Gasteiger charge is -2.46. The summed E-state index contributed by atoms with van der Waals surface area (Å²) in [5.74, 6) is 0.583. The van der Waals surface area contributed by atoms with E-state index in [4.69, 9.17) is 16.6 Å². The number of sulfone groups is 1. The second kappa shape index (κ2) is 14.3. The second-order valence-electron chi connectivity index (χ2n) is 12.3. The highest BCUT2D eigenvalue weighted by molar-refractivity contribution is 7.90. The van der Waals surface area contributed by atoms with Gasteiger partial charge in [-0.3, -0.25) is 9.58 Å². The van der Waals surface area contributed by atoms with Crippen molar-refractivity contribution in [3.8, 4) is 11.1 Å². The minimum absolute atomic E-state index is 0.154. The molecule has 0 bridgehead atoms. The van der Waals surface area contributed by atoms with Gasteiger partial charge in [-0.25, -0.2) is 18.2 Å². The summed E-state index contributed by atoms with van der Waals surface area (Å²) < 4.78 is 27.0. The number of hydrogen-bond acceptors (Lipinski definition) is 8. The van der Waals surface area contributed by atoms with E-state index in [9.17, 15) is 13.2 Å². The minimum Gasteiger partial charge on any atom is -0.334 e. The number of halogens is 1. The van der Waals surface area contributed by atoms with E-state index in [2.05, 4.69) is 20.7 Å². The molecule has 1 aliphatic carbocycles. The molecule has 254 valence electrons. The average molecular weight is 699 g/mol. The zero-order valence-electron chi connectivity index (χ0n) is 27.7. The van der Waals surface area contributed by atoms with Crippen molar-refractivity contribution in [3.63, 3.8) is 0 Å². The Morgan fingerprint density at radius 3 is 2.31 bits per heavy atom. The van der Waals surface area contributed by atoms with Crippen molar-refractivity contribution >= 4 is 50.6 Å². The molecule has 0 atom stereocenters. The zero-order valence-corrected chi connectivity index (χ0v) is 29.2. The third-order valence-electron chi connectivity index (χ3n) is 8.78. The van der Waals surface area contributed by atoms with Gasteiger partial charge in [0.2, 0.25) is 5.95 Å². The van der Waals surface area contributed by atoms with Gasteiger partial charge in [0, 0.05) is 44.3 Å². The molecule has 1 fully saturated rings. The van der Waals surface area contributed by atoms with Crippen LogP contribution in [0.15, 0.2) is 102 Å². The van der Waals surface area contributed by atoms with E-state index in [0.717, 1.165) is 36.0 Å². The molecule has 1 saturated carbocycles. The van der Waals surface area contributed by atoms with Crippen molar-refractivity contribution in [2.75, 3.05) is 28.4 Å². The van der Waals surface area contributed by atoms with E-state index < -0.39 is 15.5 Å². The van der Waals surface area contributed by atoms with Gasteiger partial charge in [-0.1, -0.05) is 72.6 Å². The van der Waals surface area contributed by atoms with E-state index >= 15 is 0 Å². The second-order valence-corrected chi connectivity index (χ2v) is 14.7. The summed E-state index contributed by atoms with van der Waals surface area (Å²) in [5.41, 5.74) is 3.19. The highest BCUT2D eigenvalue weighted by Gasteiger charge is 2.43. The normalized spacial score (nSPS) is 14.2. The lowest BCUT2D eigenvalue weighted by molar-refractivity contribution is 0.230. The standard InChI is InChI=1S/C36H39ClN8O3S/c1-43-25-28(23-40-43)27-16-18-29(19-17-27)45(35(46)39-22-26-12-6-4-7-13-26)36(20-10-5-11-21-36)42-34-38-24-30(37)33(41-34)44(2)31-14-8-9-15-32(31)49(3,47)48/h4,6-9,12-19,23-25H,5,10-11,20-22H2,1-3H3,(H,39,46)(H,38,41,42). The summed E-state index contributed by atoms with van der Waals surface area (Å²) in [7, 11) is 0.0522. The Kier molecular flexibility index (Phi) is 9.89. The number of hydrogen-bond donors (Lipinski definition) is 2. The van der Waals surface area contributed by atoms with Crippen molar-refractivity contribution in [2.24, 2.45) is 7.05 Å². The van der Waals surface area contributed by atoms with Crippen LogP contribution in [0, 0.1) is 0 Å². The number of carbonyl (C=O) groups excluding carboxylic acids is 1. The zero-order chi connectivity index (χ0) is 34.6. The summed E-state index contributed by atoms with van der Waals surface area (Å²) in [6.45, 7) is 0.353. The van der Waals surface area contributed by atoms with E-state index in [1.165, 1.54) is 12.5 Å². The SMILES string of the molecule is CN(c1ccccc1S(C)(=O)=O)c1nc(NC2(N(C(=O)NCc3ccccc3)c3ccc(-c4cnn(C)c4)cc3)CCCCC2)ncc1Cl. The van der Waals surface area contributed by atoms with Crippen LogP contribution >= 0.6 is 11.6 Å². The van der Waals surface area contributed by atoms with Crippen LogP contribution in [0.5, 0.6) is 0 Å². The first-order valence-corrected chi connectivity index (χ1v) is 18.4. The van der Waals surface area contributed by atoms with Crippen LogP contribution in [0.3, 0.4) is 0 Å². The lowest BCUT2D eigenvalue weighted by atomic mass is 9.87. The maximum Gasteiger partial charge on any atom is 0.324 e. The molecule has 1 aliphatic rings. The van der Waals surface area contributed by atoms with Crippen LogP contribution in [0.1, 0.15) is 37.7 Å². The lowest BCUT2D eigenvalue weighted by Crippen LogP contribution is -2.61. The summed E-state index contributed by atoms with van der Waals surface area (Å²) in [6.07, 6.45) is 10.5. The first-order chi connectivity index (χ1) is 23.5. The van der Waals surface area contributed by atoms with E-state index in [1.54, 1.807) is 45.8 Å². The summed E-state index contributed by atoms with van der Waals surface area (Å²) in [6, 6.07) is 24.1. The molecule has 13 heteroatoms. The van der Waals surface area contributed by atoms with Gasteiger partial charge in [0.25, 0.3) is 0 Å². The van der Waals surface area contributed by atoms with Crippen molar-refractivity contribution in [3.05, 3.63) is 108 Å². The third kappa shape index (κ3) is 7.55. The Bertz CT molecular complexity index is 2030. The number of carbonyl (C=O) groups is 1. The largest absolute Gasteiger partial charge is 0.334 e. The number of rotatable bonds is 10. The molecule has 5 aromatic rings. The van der Waals surface area contributed by atoms with Gasteiger partial charge in [-0.15, -0.1) is 0 Å². The van der Waals surface area contributed by atoms with Crippen molar-refractivity contribution in [2.45, 2.75) is 49.2 Å². The molecule has 11 nitrogen and oxygen atoms in total. The van der Waals surface area contributed by atoms with Gasteiger partial charge in [-0.2, -0.15) is 10.1 Å². The maximum absolute atomic E-state index is 14.4. The van der Waals surface area contributed by atoms with Gasteiger partial charge in [0.15, 0.2) is 15.7 Å². The molecule has 2 amide bonds. The Morgan fingerprint density at radius 2 is 1.63 bits per heavy atom. The Balaban J connectivity index is 1.38. The monoisotopic (exact) mass is 698 g/mol. The smallest absolute Gasteiger partial charge is 0.324 e. The molecule has 6 rings (SSSR count). The molecular weight excluding hydrogens is 660 g/mol. The Hall–Kier alpha value is -4.94. The molecule has 0 aliphatic heterocycles. The van der Waals surface area contributed by atoms with Crippen molar-refractivity contribution < 1.29 is 13.2 Å². The average Bonchev–Trinajstić information content (AvgIpc) is 3.55. The van der Waals surface area contributed by atoms with E-state index in [0.29, 0.717) is 36.6 Å². The van der Waals surface area contributed by atoms with Gasteiger partial charge in [0.1, 0.15) is 10.7 Å². The van der Waals surface area contributed by atoms with Crippen molar-refractivity contribution in [1.82, 2.24) is 25.1 Å². The molecule has 3 aromatic carbocycles. The van der Waals surface area contributed by atoms with Crippen LogP contribution in [0.4, 0.5) is 27.9 Å².